The Hall–Kier alpha value is -1.44. The number of fused-ring (bicyclic) bond motifs is 1. The van der Waals surface area contributed by atoms with Gasteiger partial charge in [-0.25, -0.2) is 18.5 Å². The monoisotopic (exact) mass is 323 g/mol. The molecule has 2 heterocycles. The number of rotatable bonds is 4. The number of sulfonamides is 1. The summed E-state index contributed by atoms with van der Waals surface area (Å²) < 4.78 is 28.2. The van der Waals surface area contributed by atoms with Crippen molar-refractivity contribution >= 4 is 21.1 Å². The van der Waals surface area contributed by atoms with E-state index in [2.05, 4.69) is 16.8 Å². The van der Waals surface area contributed by atoms with Crippen LogP contribution in [0.25, 0.3) is 11.1 Å². The van der Waals surface area contributed by atoms with Crippen LogP contribution in [-0.2, 0) is 10.0 Å². The summed E-state index contributed by atoms with van der Waals surface area (Å²) in [6.07, 6.45) is 1.67. The zero-order valence-electron chi connectivity index (χ0n) is 12.6. The summed E-state index contributed by atoms with van der Waals surface area (Å²) in [5.74, 6) is 0.950. The molecule has 7 heteroatoms. The molecule has 0 bridgehead atoms. The molecule has 0 unspecified atom stereocenters. The van der Waals surface area contributed by atoms with E-state index < -0.39 is 10.0 Å². The summed E-state index contributed by atoms with van der Waals surface area (Å²) in [6.45, 7) is 3.74. The second-order valence-electron chi connectivity index (χ2n) is 6.00. The smallest absolute Gasteiger partial charge is 0.212 e. The Labute approximate surface area is 130 Å². The third kappa shape index (κ3) is 3.48. The van der Waals surface area contributed by atoms with Crippen LogP contribution in [-0.4, -0.2) is 37.1 Å². The van der Waals surface area contributed by atoms with Gasteiger partial charge in [0.2, 0.25) is 15.9 Å². The van der Waals surface area contributed by atoms with E-state index in [1.807, 2.05) is 24.3 Å². The fourth-order valence-electron chi connectivity index (χ4n) is 3.06. The van der Waals surface area contributed by atoms with Gasteiger partial charge in [0.15, 0.2) is 5.58 Å². The zero-order chi connectivity index (χ0) is 15.7. The SMILES string of the molecule is C[C@@H](c1nc2ccccc2o1)N1CCC(CS(N)(=O)=O)CC1. The van der Waals surface area contributed by atoms with Gasteiger partial charge in [0.1, 0.15) is 5.52 Å². The average molecular weight is 323 g/mol. The Kier molecular flexibility index (Phi) is 4.20. The number of aromatic nitrogens is 1. The number of likely N-dealkylation sites (tertiary alicyclic amines) is 1. The van der Waals surface area contributed by atoms with E-state index >= 15 is 0 Å². The van der Waals surface area contributed by atoms with Crippen molar-refractivity contribution in [2.45, 2.75) is 25.8 Å². The number of oxazole rings is 1. The molecule has 120 valence electrons. The highest BCUT2D eigenvalue weighted by Gasteiger charge is 2.27. The second kappa shape index (κ2) is 5.98. The molecule has 1 fully saturated rings. The highest BCUT2D eigenvalue weighted by atomic mass is 32.2. The first kappa shape index (κ1) is 15.5. The van der Waals surface area contributed by atoms with Gasteiger partial charge in [-0.1, -0.05) is 12.1 Å². The van der Waals surface area contributed by atoms with Crippen molar-refractivity contribution in [3.63, 3.8) is 0 Å². The van der Waals surface area contributed by atoms with Crippen LogP contribution in [0.4, 0.5) is 0 Å². The van der Waals surface area contributed by atoms with Gasteiger partial charge in [-0.05, 0) is 50.9 Å². The molecule has 0 saturated carbocycles. The van der Waals surface area contributed by atoms with Crippen LogP contribution in [0, 0.1) is 5.92 Å². The van der Waals surface area contributed by atoms with Crippen LogP contribution in [0.15, 0.2) is 28.7 Å². The Balaban J connectivity index is 1.65. The van der Waals surface area contributed by atoms with Crippen molar-refractivity contribution in [2.75, 3.05) is 18.8 Å². The first-order chi connectivity index (χ1) is 10.4. The molecule has 3 rings (SSSR count). The largest absolute Gasteiger partial charge is 0.439 e. The summed E-state index contributed by atoms with van der Waals surface area (Å²) >= 11 is 0. The fourth-order valence-corrected chi connectivity index (χ4v) is 4.05. The van der Waals surface area contributed by atoms with E-state index in [9.17, 15) is 8.42 Å². The first-order valence-electron chi connectivity index (χ1n) is 7.52. The molecule has 0 radical (unpaired) electrons. The molecule has 0 spiro atoms. The maximum absolute atomic E-state index is 11.2. The highest BCUT2D eigenvalue weighted by molar-refractivity contribution is 7.89. The minimum absolute atomic E-state index is 0.0815. The molecule has 2 aromatic rings. The average Bonchev–Trinajstić information content (AvgIpc) is 2.89. The minimum Gasteiger partial charge on any atom is -0.439 e. The van der Waals surface area contributed by atoms with Gasteiger partial charge < -0.3 is 4.42 Å². The van der Waals surface area contributed by atoms with Crippen molar-refractivity contribution in [2.24, 2.45) is 11.1 Å². The molecule has 6 nitrogen and oxygen atoms in total. The number of piperidine rings is 1. The van der Waals surface area contributed by atoms with Gasteiger partial charge in [-0.2, -0.15) is 0 Å². The van der Waals surface area contributed by atoms with E-state index in [0.29, 0.717) is 5.89 Å². The fraction of sp³-hybridized carbons (Fsp3) is 0.533. The maximum atomic E-state index is 11.2. The zero-order valence-corrected chi connectivity index (χ0v) is 13.4. The Bertz CT molecular complexity index is 715. The number of hydrogen-bond acceptors (Lipinski definition) is 5. The van der Waals surface area contributed by atoms with Crippen LogP contribution >= 0.6 is 0 Å². The topological polar surface area (TPSA) is 89.4 Å². The van der Waals surface area contributed by atoms with Crippen molar-refractivity contribution in [3.05, 3.63) is 30.2 Å². The minimum atomic E-state index is -3.38. The van der Waals surface area contributed by atoms with E-state index in [0.717, 1.165) is 37.0 Å². The Morgan fingerprint density at radius 1 is 1.36 bits per heavy atom. The molecule has 0 aliphatic carbocycles. The van der Waals surface area contributed by atoms with Crippen LogP contribution in [0.3, 0.4) is 0 Å². The van der Waals surface area contributed by atoms with Crippen LogP contribution in [0.2, 0.25) is 0 Å². The standard InChI is InChI=1S/C15H21N3O3S/c1-11(15-17-13-4-2-3-5-14(13)21-15)18-8-6-12(7-9-18)10-22(16,19)20/h2-5,11-12H,6-10H2,1H3,(H2,16,19,20)/t11-/m0/s1. The lowest BCUT2D eigenvalue weighted by molar-refractivity contribution is 0.132. The van der Waals surface area contributed by atoms with Gasteiger partial charge in [-0.15, -0.1) is 0 Å². The lowest BCUT2D eigenvalue weighted by Gasteiger charge is -2.34. The molecule has 1 saturated heterocycles. The molecular formula is C15H21N3O3S. The predicted molar refractivity (Wildman–Crippen MR) is 84.7 cm³/mol. The van der Waals surface area contributed by atoms with Gasteiger partial charge in [0, 0.05) is 0 Å². The van der Waals surface area contributed by atoms with Gasteiger partial charge >= 0.3 is 0 Å². The van der Waals surface area contributed by atoms with Gasteiger partial charge in [-0.3, -0.25) is 4.90 Å². The molecule has 1 aliphatic rings. The maximum Gasteiger partial charge on any atom is 0.212 e. The number of primary sulfonamides is 1. The molecule has 1 aromatic heterocycles. The van der Waals surface area contributed by atoms with E-state index in [1.54, 1.807) is 0 Å². The lowest BCUT2D eigenvalue weighted by Crippen LogP contribution is -2.38. The number of hydrogen-bond donors (Lipinski definition) is 1. The predicted octanol–water partition coefficient (Wildman–Crippen LogP) is 1.89. The summed E-state index contributed by atoms with van der Waals surface area (Å²) in [4.78, 5) is 6.82. The third-order valence-electron chi connectivity index (χ3n) is 4.33. The van der Waals surface area contributed by atoms with Crippen LogP contribution in [0.5, 0.6) is 0 Å². The summed E-state index contributed by atoms with van der Waals surface area (Å²) in [6, 6.07) is 7.81. The van der Waals surface area contributed by atoms with Crippen molar-refractivity contribution < 1.29 is 12.8 Å². The lowest BCUT2D eigenvalue weighted by atomic mass is 9.98. The molecule has 1 aliphatic heterocycles. The molecule has 2 N–H and O–H groups in total. The summed E-state index contributed by atoms with van der Waals surface area (Å²) in [7, 11) is -3.38. The summed E-state index contributed by atoms with van der Waals surface area (Å²) in [5.41, 5.74) is 1.67. The molecule has 1 aromatic carbocycles. The second-order valence-corrected chi connectivity index (χ2v) is 7.66. The Morgan fingerprint density at radius 3 is 2.68 bits per heavy atom. The molecule has 1 atom stereocenters. The quantitative estimate of drug-likeness (QED) is 0.928. The van der Waals surface area contributed by atoms with Crippen LogP contribution < -0.4 is 5.14 Å². The van der Waals surface area contributed by atoms with Gasteiger partial charge in [0.05, 0.1) is 11.8 Å². The van der Waals surface area contributed by atoms with E-state index in [4.69, 9.17) is 9.56 Å². The number of nitrogens with two attached hydrogens (primary N) is 1. The number of para-hydroxylation sites is 2. The number of nitrogens with zero attached hydrogens (tertiary/aromatic N) is 2. The van der Waals surface area contributed by atoms with Crippen molar-refractivity contribution in [1.82, 2.24) is 9.88 Å². The Morgan fingerprint density at radius 2 is 2.05 bits per heavy atom. The molecule has 22 heavy (non-hydrogen) atoms. The number of benzene rings is 1. The van der Waals surface area contributed by atoms with Crippen molar-refractivity contribution in [1.29, 1.82) is 0 Å². The summed E-state index contributed by atoms with van der Waals surface area (Å²) in [5, 5.41) is 5.13. The normalized spacial score (nSPS) is 19.5. The third-order valence-corrected chi connectivity index (χ3v) is 5.27. The van der Waals surface area contributed by atoms with E-state index in [-0.39, 0.29) is 17.7 Å². The first-order valence-corrected chi connectivity index (χ1v) is 9.24. The molecule has 0 amide bonds. The van der Waals surface area contributed by atoms with E-state index in [1.165, 1.54) is 0 Å². The van der Waals surface area contributed by atoms with Gasteiger partial charge in [0.25, 0.3) is 0 Å². The highest BCUT2D eigenvalue weighted by Crippen LogP contribution is 2.28. The van der Waals surface area contributed by atoms with Crippen LogP contribution in [0.1, 0.15) is 31.7 Å². The van der Waals surface area contributed by atoms with Crippen molar-refractivity contribution in [3.8, 4) is 0 Å². The molecular weight excluding hydrogens is 302 g/mol.